The van der Waals surface area contributed by atoms with Gasteiger partial charge in [-0.2, -0.15) is 0 Å². The van der Waals surface area contributed by atoms with E-state index in [4.69, 9.17) is 10.8 Å². The van der Waals surface area contributed by atoms with Crippen LogP contribution in [0.15, 0.2) is 24.5 Å². The Kier molecular flexibility index (Phi) is 5.27. The minimum atomic E-state index is -0.943. The zero-order chi connectivity index (χ0) is 15.2. The van der Waals surface area contributed by atoms with Crippen molar-refractivity contribution in [1.29, 1.82) is 0 Å². The molecule has 1 atom stereocenters. The number of hydrogen-bond donors (Lipinski definition) is 3. The largest absolute Gasteiger partial charge is 0.480 e. The molecule has 1 aliphatic carbocycles. The number of nitrogens with one attached hydrogen (secondary N) is 1. The second kappa shape index (κ2) is 7.17. The van der Waals surface area contributed by atoms with E-state index in [1.165, 1.54) is 0 Å². The topological polar surface area (TPSA) is 105 Å². The number of amides is 1. The first kappa shape index (κ1) is 15.4. The van der Waals surface area contributed by atoms with Crippen molar-refractivity contribution < 1.29 is 14.7 Å². The average Bonchev–Trinajstić information content (AvgIpc) is 2.50. The lowest BCUT2D eigenvalue weighted by molar-refractivity contribution is -0.139. The van der Waals surface area contributed by atoms with Crippen LogP contribution in [-0.2, 0) is 4.79 Å². The fraction of sp³-hybridized carbons (Fsp3) is 0.533. The lowest BCUT2D eigenvalue weighted by Gasteiger charge is -2.29. The number of carbonyl (C=O) groups is 2. The number of hydrogen-bond acceptors (Lipinski definition) is 4. The maximum atomic E-state index is 12.0. The van der Waals surface area contributed by atoms with Gasteiger partial charge in [-0.05, 0) is 50.2 Å². The van der Waals surface area contributed by atoms with E-state index in [0.29, 0.717) is 17.9 Å². The highest BCUT2D eigenvalue weighted by molar-refractivity contribution is 5.94. The van der Waals surface area contributed by atoms with Crippen LogP contribution in [0.3, 0.4) is 0 Å². The summed E-state index contributed by atoms with van der Waals surface area (Å²) in [4.78, 5) is 26.7. The molecule has 4 N–H and O–H groups in total. The monoisotopic (exact) mass is 291 g/mol. The van der Waals surface area contributed by atoms with Crippen molar-refractivity contribution in [3.63, 3.8) is 0 Å². The predicted octanol–water partition coefficient (Wildman–Crippen LogP) is 1.17. The van der Waals surface area contributed by atoms with Crippen molar-refractivity contribution >= 4 is 11.9 Å². The third-order valence-electron chi connectivity index (χ3n) is 4.01. The van der Waals surface area contributed by atoms with E-state index in [-0.39, 0.29) is 11.9 Å². The van der Waals surface area contributed by atoms with Gasteiger partial charge in [0.05, 0.1) is 5.56 Å². The number of rotatable bonds is 5. The number of carboxylic acid groups (broad SMARTS) is 1. The number of carboxylic acids is 1. The van der Waals surface area contributed by atoms with Crippen molar-refractivity contribution in [2.24, 2.45) is 11.7 Å². The molecule has 6 heteroatoms. The second-order valence-corrected chi connectivity index (χ2v) is 5.61. The first-order valence-electron chi connectivity index (χ1n) is 7.25. The minimum Gasteiger partial charge on any atom is -0.480 e. The van der Waals surface area contributed by atoms with E-state index in [2.05, 4.69) is 10.3 Å². The highest BCUT2D eigenvalue weighted by Gasteiger charge is 2.25. The van der Waals surface area contributed by atoms with Gasteiger partial charge >= 0.3 is 5.97 Å². The van der Waals surface area contributed by atoms with Gasteiger partial charge in [0, 0.05) is 18.4 Å². The summed E-state index contributed by atoms with van der Waals surface area (Å²) in [7, 11) is 0. The Morgan fingerprint density at radius 3 is 2.67 bits per heavy atom. The summed E-state index contributed by atoms with van der Waals surface area (Å²) in [6, 6.07) is 2.84. The van der Waals surface area contributed by atoms with Crippen molar-refractivity contribution in [2.75, 3.05) is 0 Å². The summed E-state index contributed by atoms with van der Waals surface area (Å²) in [5.41, 5.74) is 6.13. The first-order valence-corrected chi connectivity index (χ1v) is 7.25. The lowest BCUT2D eigenvalue weighted by atomic mass is 9.82. The van der Waals surface area contributed by atoms with E-state index >= 15 is 0 Å². The molecule has 1 aromatic rings. The maximum absolute atomic E-state index is 12.0. The van der Waals surface area contributed by atoms with Gasteiger partial charge in [0.15, 0.2) is 0 Å². The SMILES string of the molecule is NC(CC1CCC(NC(=O)c2cccnc2)CC1)C(=O)O. The van der Waals surface area contributed by atoms with Gasteiger partial charge in [-0.3, -0.25) is 14.6 Å². The standard InChI is InChI=1S/C15H21N3O3/c16-13(15(20)21)8-10-3-5-12(6-4-10)18-14(19)11-2-1-7-17-9-11/h1-2,7,9-10,12-13H,3-6,8,16H2,(H,18,19)(H,20,21). The molecule has 21 heavy (non-hydrogen) atoms. The zero-order valence-electron chi connectivity index (χ0n) is 11.9. The fourth-order valence-corrected chi connectivity index (χ4v) is 2.77. The van der Waals surface area contributed by atoms with E-state index in [9.17, 15) is 9.59 Å². The number of aliphatic carboxylic acids is 1. The molecule has 1 fully saturated rings. The van der Waals surface area contributed by atoms with Crippen LogP contribution in [0.5, 0.6) is 0 Å². The molecule has 2 rings (SSSR count). The summed E-state index contributed by atoms with van der Waals surface area (Å²) in [5.74, 6) is -0.710. The number of nitrogens with two attached hydrogens (primary N) is 1. The Balaban J connectivity index is 1.77. The van der Waals surface area contributed by atoms with Crippen molar-refractivity contribution in [2.45, 2.75) is 44.2 Å². The third-order valence-corrected chi connectivity index (χ3v) is 4.01. The van der Waals surface area contributed by atoms with Crippen LogP contribution in [0.4, 0.5) is 0 Å². The molecular formula is C15H21N3O3. The van der Waals surface area contributed by atoms with Crippen LogP contribution in [0.1, 0.15) is 42.5 Å². The Bertz CT molecular complexity index is 484. The summed E-state index contributed by atoms with van der Waals surface area (Å²) in [6.45, 7) is 0. The molecule has 1 unspecified atom stereocenters. The second-order valence-electron chi connectivity index (χ2n) is 5.61. The molecular weight excluding hydrogens is 270 g/mol. The average molecular weight is 291 g/mol. The van der Waals surface area contributed by atoms with E-state index in [0.717, 1.165) is 25.7 Å². The molecule has 1 heterocycles. The number of carbonyl (C=O) groups excluding carboxylic acids is 1. The summed E-state index contributed by atoms with van der Waals surface area (Å²) >= 11 is 0. The smallest absolute Gasteiger partial charge is 0.320 e. The van der Waals surface area contributed by atoms with Gasteiger partial charge in [-0.25, -0.2) is 0 Å². The van der Waals surface area contributed by atoms with Gasteiger partial charge in [0.25, 0.3) is 5.91 Å². The Hall–Kier alpha value is -1.95. The Labute approximate surface area is 123 Å². The molecule has 0 aliphatic heterocycles. The lowest BCUT2D eigenvalue weighted by Crippen LogP contribution is -2.39. The normalized spacial score (nSPS) is 23.3. The zero-order valence-corrected chi connectivity index (χ0v) is 11.9. The third kappa shape index (κ3) is 4.53. The maximum Gasteiger partial charge on any atom is 0.320 e. The van der Waals surface area contributed by atoms with Crippen molar-refractivity contribution in [1.82, 2.24) is 10.3 Å². The molecule has 0 bridgehead atoms. The summed E-state index contributed by atoms with van der Waals surface area (Å²) < 4.78 is 0. The van der Waals surface area contributed by atoms with Crippen LogP contribution < -0.4 is 11.1 Å². The van der Waals surface area contributed by atoms with Gasteiger partial charge in [0.2, 0.25) is 0 Å². The van der Waals surface area contributed by atoms with Gasteiger partial charge in [-0.1, -0.05) is 0 Å². The quantitative estimate of drug-likeness (QED) is 0.755. The molecule has 114 valence electrons. The van der Waals surface area contributed by atoms with E-state index in [1.54, 1.807) is 24.5 Å². The molecule has 1 aliphatic rings. The van der Waals surface area contributed by atoms with Crippen LogP contribution in [0, 0.1) is 5.92 Å². The van der Waals surface area contributed by atoms with Gasteiger partial charge in [0.1, 0.15) is 6.04 Å². The molecule has 0 radical (unpaired) electrons. The van der Waals surface area contributed by atoms with Crippen LogP contribution >= 0.6 is 0 Å². The highest BCUT2D eigenvalue weighted by Crippen LogP contribution is 2.27. The highest BCUT2D eigenvalue weighted by atomic mass is 16.4. The van der Waals surface area contributed by atoms with Gasteiger partial charge < -0.3 is 16.2 Å². The van der Waals surface area contributed by atoms with Crippen molar-refractivity contribution in [3.05, 3.63) is 30.1 Å². The van der Waals surface area contributed by atoms with E-state index < -0.39 is 12.0 Å². The molecule has 0 saturated heterocycles. The predicted molar refractivity (Wildman–Crippen MR) is 77.7 cm³/mol. The van der Waals surface area contributed by atoms with Gasteiger partial charge in [-0.15, -0.1) is 0 Å². The fourth-order valence-electron chi connectivity index (χ4n) is 2.77. The molecule has 0 spiro atoms. The molecule has 6 nitrogen and oxygen atoms in total. The van der Waals surface area contributed by atoms with Crippen LogP contribution in [0.25, 0.3) is 0 Å². The first-order chi connectivity index (χ1) is 10.1. The number of aromatic nitrogens is 1. The summed E-state index contributed by atoms with van der Waals surface area (Å²) in [5, 5.41) is 11.8. The molecule has 1 saturated carbocycles. The minimum absolute atomic E-state index is 0.103. The summed E-state index contributed by atoms with van der Waals surface area (Å²) in [6.07, 6.45) is 7.23. The molecule has 1 amide bonds. The Morgan fingerprint density at radius 2 is 2.10 bits per heavy atom. The van der Waals surface area contributed by atoms with E-state index in [1.807, 2.05) is 0 Å². The van der Waals surface area contributed by atoms with Crippen LogP contribution in [0.2, 0.25) is 0 Å². The molecule has 1 aromatic heterocycles. The van der Waals surface area contributed by atoms with Crippen molar-refractivity contribution in [3.8, 4) is 0 Å². The number of nitrogens with zero attached hydrogens (tertiary/aromatic N) is 1. The van der Waals surface area contributed by atoms with Crippen LogP contribution in [-0.4, -0.2) is 34.1 Å². The molecule has 0 aromatic carbocycles. The number of pyridine rings is 1. The Morgan fingerprint density at radius 1 is 1.38 bits per heavy atom.